The van der Waals surface area contributed by atoms with Gasteiger partial charge in [-0.25, -0.2) is 21.6 Å². The molecule has 0 unspecified atom stereocenters. The topological polar surface area (TPSA) is 164 Å². The van der Waals surface area contributed by atoms with Gasteiger partial charge in [-0.2, -0.15) is 0 Å². The molecular weight excluding hydrogens is 603 g/mol. The summed E-state index contributed by atoms with van der Waals surface area (Å²) in [5.74, 6) is -0.335. The SMILES string of the molecule is CS(=O)(=O)NCCCNc1ccc(-n2ccc3cc(N(CC(=O)O)S(=O)(=O)c4cc(Cl)cc(Cl)c4)ccc32)nn1. The summed E-state index contributed by atoms with van der Waals surface area (Å²) in [6.45, 7) is -0.0292. The average Bonchev–Trinajstić information content (AvgIpc) is 3.29. The Morgan fingerprint density at radius 1 is 0.975 bits per heavy atom. The predicted octanol–water partition coefficient (Wildman–Crippen LogP) is 3.36. The lowest BCUT2D eigenvalue weighted by Crippen LogP contribution is -2.35. The number of hydrogen-bond acceptors (Lipinski definition) is 8. The van der Waals surface area contributed by atoms with Gasteiger partial charge in [0.25, 0.3) is 10.0 Å². The number of hydrogen-bond donors (Lipinski definition) is 3. The van der Waals surface area contributed by atoms with E-state index >= 15 is 0 Å². The molecule has 0 fully saturated rings. The average molecular weight is 628 g/mol. The first-order valence-electron chi connectivity index (χ1n) is 11.7. The molecule has 16 heteroatoms. The van der Waals surface area contributed by atoms with Gasteiger partial charge in [-0.15, -0.1) is 10.2 Å². The first-order valence-corrected chi connectivity index (χ1v) is 15.8. The number of aliphatic carboxylic acids is 1. The maximum atomic E-state index is 13.4. The number of halogens is 2. The molecule has 40 heavy (non-hydrogen) atoms. The monoisotopic (exact) mass is 626 g/mol. The van der Waals surface area contributed by atoms with Gasteiger partial charge in [0.1, 0.15) is 12.4 Å². The predicted molar refractivity (Wildman–Crippen MR) is 153 cm³/mol. The highest BCUT2D eigenvalue weighted by molar-refractivity contribution is 7.92. The van der Waals surface area contributed by atoms with E-state index in [4.69, 9.17) is 23.2 Å². The molecule has 0 aliphatic heterocycles. The minimum Gasteiger partial charge on any atom is -0.480 e. The van der Waals surface area contributed by atoms with E-state index in [9.17, 15) is 26.7 Å². The lowest BCUT2D eigenvalue weighted by Gasteiger charge is -2.23. The van der Waals surface area contributed by atoms with E-state index < -0.39 is 32.6 Å². The normalized spacial score (nSPS) is 12.0. The summed E-state index contributed by atoms with van der Waals surface area (Å²) in [5.41, 5.74) is 0.823. The second-order valence-electron chi connectivity index (χ2n) is 8.66. The van der Waals surface area contributed by atoms with E-state index in [-0.39, 0.29) is 20.6 Å². The fourth-order valence-electron chi connectivity index (χ4n) is 3.84. The summed E-state index contributed by atoms with van der Waals surface area (Å²) in [7, 11) is -7.55. The summed E-state index contributed by atoms with van der Waals surface area (Å²) in [6.07, 6.45) is 3.39. The summed E-state index contributed by atoms with van der Waals surface area (Å²) >= 11 is 12.0. The number of rotatable bonds is 12. The Balaban J connectivity index is 1.56. The largest absolute Gasteiger partial charge is 0.480 e. The van der Waals surface area contributed by atoms with E-state index in [1.165, 1.54) is 24.3 Å². The summed E-state index contributed by atoms with van der Waals surface area (Å²) in [6, 6.07) is 13.7. The minimum absolute atomic E-state index is 0.0974. The highest BCUT2D eigenvalue weighted by Gasteiger charge is 2.28. The Bertz CT molecular complexity index is 1740. The Kier molecular flexibility index (Phi) is 8.85. The number of sulfonamides is 2. The van der Waals surface area contributed by atoms with Crippen LogP contribution in [-0.4, -0.2) is 68.6 Å². The van der Waals surface area contributed by atoms with Gasteiger partial charge in [0.05, 0.1) is 22.4 Å². The molecule has 4 rings (SSSR count). The van der Waals surface area contributed by atoms with Crippen LogP contribution in [0.15, 0.2) is 65.7 Å². The summed E-state index contributed by atoms with van der Waals surface area (Å²) < 4.78 is 54.0. The van der Waals surface area contributed by atoms with Crippen molar-refractivity contribution in [2.24, 2.45) is 0 Å². The molecule has 2 aromatic carbocycles. The van der Waals surface area contributed by atoms with E-state index in [1.807, 2.05) is 0 Å². The third kappa shape index (κ3) is 7.20. The van der Waals surface area contributed by atoms with Crippen molar-refractivity contribution in [1.82, 2.24) is 19.5 Å². The zero-order valence-electron chi connectivity index (χ0n) is 21.0. The molecule has 4 aromatic rings. The fourth-order valence-corrected chi connectivity index (χ4v) is 6.49. The lowest BCUT2D eigenvalue weighted by molar-refractivity contribution is -0.135. The quantitative estimate of drug-likeness (QED) is 0.200. The van der Waals surface area contributed by atoms with Crippen molar-refractivity contribution in [1.29, 1.82) is 0 Å². The number of nitrogens with zero attached hydrogens (tertiary/aromatic N) is 4. The molecular formula is C24H24Cl2N6O6S2. The van der Waals surface area contributed by atoms with Gasteiger partial charge in [-0.3, -0.25) is 13.7 Å². The van der Waals surface area contributed by atoms with Gasteiger partial charge < -0.3 is 10.4 Å². The van der Waals surface area contributed by atoms with Gasteiger partial charge in [-0.1, -0.05) is 23.2 Å². The maximum absolute atomic E-state index is 13.4. The molecule has 0 radical (unpaired) electrons. The van der Waals surface area contributed by atoms with Crippen molar-refractivity contribution in [3.8, 4) is 5.82 Å². The third-order valence-electron chi connectivity index (χ3n) is 5.59. The van der Waals surface area contributed by atoms with Crippen LogP contribution in [0.4, 0.5) is 11.5 Å². The smallest absolute Gasteiger partial charge is 0.324 e. The molecule has 212 valence electrons. The van der Waals surface area contributed by atoms with Crippen LogP contribution < -0.4 is 14.3 Å². The lowest BCUT2D eigenvalue weighted by atomic mass is 10.2. The van der Waals surface area contributed by atoms with Crippen LogP contribution in [0.5, 0.6) is 0 Å². The van der Waals surface area contributed by atoms with Gasteiger partial charge in [0.2, 0.25) is 10.0 Å². The molecule has 2 aromatic heterocycles. The Morgan fingerprint density at radius 3 is 2.33 bits per heavy atom. The first-order chi connectivity index (χ1) is 18.8. The molecule has 0 saturated carbocycles. The first kappa shape index (κ1) is 29.6. The molecule has 0 bridgehead atoms. The van der Waals surface area contributed by atoms with Crippen molar-refractivity contribution in [3.05, 3.63) is 70.8 Å². The number of benzene rings is 2. The molecule has 0 aliphatic rings. The van der Waals surface area contributed by atoms with Crippen LogP contribution in [0.3, 0.4) is 0 Å². The highest BCUT2D eigenvalue weighted by Crippen LogP contribution is 2.31. The van der Waals surface area contributed by atoms with E-state index in [2.05, 4.69) is 20.2 Å². The molecule has 0 saturated heterocycles. The van der Waals surface area contributed by atoms with E-state index in [0.29, 0.717) is 42.0 Å². The second-order valence-corrected chi connectivity index (χ2v) is 13.2. The molecule has 0 amide bonds. The number of carboxylic acids is 1. The molecule has 2 heterocycles. The minimum atomic E-state index is -4.32. The van der Waals surface area contributed by atoms with Crippen LogP contribution in [-0.2, 0) is 24.8 Å². The second kappa shape index (κ2) is 12.0. The maximum Gasteiger partial charge on any atom is 0.324 e. The summed E-state index contributed by atoms with van der Waals surface area (Å²) in [5, 5.41) is 21.7. The third-order valence-corrected chi connectivity index (χ3v) is 8.50. The van der Waals surface area contributed by atoms with Gasteiger partial charge in [-0.05, 0) is 61.0 Å². The number of anilines is 2. The molecule has 0 spiro atoms. The molecule has 0 aliphatic carbocycles. The van der Waals surface area contributed by atoms with Gasteiger partial charge >= 0.3 is 5.97 Å². The van der Waals surface area contributed by atoms with Crippen LogP contribution in [0.25, 0.3) is 16.7 Å². The zero-order valence-corrected chi connectivity index (χ0v) is 24.1. The summed E-state index contributed by atoms with van der Waals surface area (Å²) in [4.78, 5) is 11.4. The Morgan fingerprint density at radius 2 is 1.70 bits per heavy atom. The number of carboxylic acid groups (broad SMARTS) is 1. The van der Waals surface area contributed by atoms with Crippen LogP contribution >= 0.6 is 23.2 Å². The zero-order chi connectivity index (χ0) is 29.1. The molecule has 0 atom stereocenters. The van der Waals surface area contributed by atoms with E-state index in [0.717, 1.165) is 10.6 Å². The Labute approximate surface area is 240 Å². The van der Waals surface area contributed by atoms with Crippen molar-refractivity contribution in [2.45, 2.75) is 11.3 Å². The van der Waals surface area contributed by atoms with Crippen LogP contribution in [0.1, 0.15) is 6.42 Å². The van der Waals surface area contributed by atoms with Crippen molar-refractivity contribution < 1.29 is 26.7 Å². The fraction of sp³-hybridized carbons (Fsp3) is 0.208. The number of carbonyl (C=O) groups is 1. The Hall–Kier alpha value is -3.43. The number of nitrogens with one attached hydrogen (secondary N) is 2. The van der Waals surface area contributed by atoms with Gasteiger partial charge in [0.15, 0.2) is 5.82 Å². The number of aromatic nitrogens is 3. The van der Waals surface area contributed by atoms with Gasteiger partial charge in [0, 0.05) is 34.7 Å². The molecule has 12 nitrogen and oxygen atoms in total. The van der Waals surface area contributed by atoms with Crippen LogP contribution in [0.2, 0.25) is 10.0 Å². The van der Waals surface area contributed by atoms with Crippen molar-refractivity contribution in [3.63, 3.8) is 0 Å². The highest BCUT2D eigenvalue weighted by atomic mass is 35.5. The van der Waals surface area contributed by atoms with E-state index in [1.54, 1.807) is 41.1 Å². The van der Waals surface area contributed by atoms with Crippen molar-refractivity contribution >= 4 is 71.6 Å². The van der Waals surface area contributed by atoms with Crippen molar-refractivity contribution in [2.75, 3.05) is 35.5 Å². The molecule has 3 N–H and O–H groups in total. The number of fused-ring (bicyclic) bond motifs is 1. The standard InChI is InChI=1S/C24H24Cl2N6O6S2/c1-39(35,36)28-9-2-8-27-22-5-6-23(30-29-22)31-10-7-16-11-19(3-4-21(16)31)32(15-24(33)34)40(37,38)20-13-17(25)12-18(26)14-20/h3-7,10-14,28H,2,8-9,15H2,1H3,(H,27,29)(H,33,34). The van der Waals surface area contributed by atoms with Crippen LogP contribution in [0, 0.1) is 0 Å².